The number of aromatic nitrogens is 2. The van der Waals surface area contributed by atoms with Crippen molar-refractivity contribution in [2.75, 3.05) is 12.0 Å². The number of aromatic amines is 1. The Labute approximate surface area is 154 Å². The fourth-order valence-corrected chi connectivity index (χ4v) is 3.39. The van der Waals surface area contributed by atoms with Crippen LogP contribution in [0.2, 0.25) is 0 Å². The van der Waals surface area contributed by atoms with E-state index in [0.717, 1.165) is 5.56 Å². The maximum absolute atomic E-state index is 13.2. The Bertz CT molecular complexity index is 1070. The maximum atomic E-state index is 13.2. The second-order valence-electron chi connectivity index (χ2n) is 6.57. The van der Waals surface area contributed by atoms with Crippen molar-refractivity contribution in [2.45, 2.75) is 19.5 Å². The van der Waals surface area contributed by atoms with Gasteiger partial charge in [0.05, 0.1) is 17.9 Å². The molecule has 0 saturated heterocycles. The molecule has 0 spiro atoms. The summed E-state index contributed by atoms with van der Waals surface area (Å²) in [5.41, 5.74) is 1.15. The minimum Gasteiger partial charge on any atom is -0.358 e. The summed E-state index contributed by atoms with van der Waals surface area (Å²) in [6.07, 6.45) is 0. The van der Waals surface area contributed by atoms with Crippen molar-refractivity contribution in [3.05, 3.63) is 92.4 Å². The first-order valence-electron chi connectivity index (χ1n) is 8.71. The lowest BCUT2D eigenvalue weighted by Gasteiger charge is -2.35. The predicted molar refractivity (Wildman–Crippen MR) is 102 cm³/mol. The summed E-state index contributed by atoms with van der Waals surface area (Å²) in [4.78, 5) is 29.3. The van der Waals surface area contributed by atoms with Gasteiger partial charge in [0.2, 0.25) is 0 Å². The molecule has 0 radical (unpaired) electrons. The summed E-state index contributed by atoms with van der Waals surface area (Å²) in [5, 5.41) is 3.20. The van der Waals surface area contributed by atoms with Crippen LogP contribution in [0, 0.1) is 5.82 Å². The first kappa shape index (κ1) is 17.2. The Balaban J connectivity index is 1.74. The van der Waals surface area contributed by atoms with Gasteiger partial charge in [-0.3, -0.25) is 14.7 Å². The SMILES string of the molecule is C[C@@H](c1ccccc1)N1CNc2c(c(=O)[nH]c(=O)n2-c2ccc(F)cc2)C1. The molecule has 0 amide bonds. The number of nitrogens with one attached hydrogen (secondary N) is 2. The highest BCUT2D eigenvalue weighted by atomic mass is 19.1. The maximum Gasteiger partial charge on any atom is 0.334 e. The molecule has 6 nitrogen and oxygen atoms in total. The van der Waals surface area contributed by atoms with E-state index in [1.54, 1.807) is 0 Å². The number of halogens is 1. The van der Waals surface area contributed by atoms with Crippen LogP contribution in [-0.4, -0.2) is 21.1 Å². The van der Waals surface area contributed by atoms with Gasteiger partial charge in [-0.15, -0.1) is 0 Å². The van der Waals surface area contributed by atoms with Gasteiger partial charge in [0, 0.05) is 12.6 Å². The van der Waals surface area contributed by atoms with Crippen molar-refractivity contribution in [3.8, 4) is 5.69 Å². The fraction of sp³-hybridized carbons (Fsp3) is 0.200. The minimum atomic E-state index is -0.553. The average Bonchev–Trinajstić information content (AvgIpc) is 2.69. The van der Waals surface area contributed by atoms with E-state index in [9.17, 15) is 14.0 Å². The van der Waals surface area contributed by atoms with Gasteiger partial charge in [0.25, 0.3) is 5.56 Å². The Kier molecular flexibility index (Phi) is 4.37. The lowest BCUT2D eigenvalue weighted by molar-refractivity contribution is 0.207. The number of hydrogen-bond donors (Lipinski definition) is 2. The zero-order chi connectivity index (χ0) is 19.0. The Morgan fingerprint density at radius 2 is 1.74 bits per heavy atom. The van der Waals surface area contributed by atoms with Crippen LogP contribution in [0.3, 0.4) is 0 Å². The van der Waals surface area contributed by atoms with E-state index < -0.39 is 11.2 Å². The van der Waals surface area contributed by atoms with Crippen molar-refractivity contribution in [1.29, 1.82) is 0 Å². The number of nitrogens with zero attached hydrogens (tertiary/aromatic N) is 2. The van der Waals surface area contributed by atoms with Crippen LogP contribution in [0.15, 0.2) is 64.2 Å². The smallest absolute Gasteiger partial charge is 0.334 e. The summed E-state index contributed by atoms with van der Waals surface area (Å²) < 4.78 is 14.6. The van der Waals surface area contributed by atoms with Gasteiger partial charge in [-0.1, -0.05) is 30.3 Å². The number of benzene rings is 2. The third-order valence-electron chi connectivity index (χ3n) is 4.93. The van der Waals surface area contributed by atoms with Crippen LogP contribution < -0.4 is 16.6 Å². The molecule has 2 heterocycles. The van der Waals surface area contributed by atoms with Crippen molar-refractivity contribution in [1.82, 2.24) is 14.5 Å². The zero-order valence-corrected chi connectivity index (χ0v) is 14.8. The number of rotatable bonds is 3. The normalized spacial score (nSPS) is 15.0. The second-order valence-corrected chi connectivity index (χ2v) is 6.57. The van der Waals surface area contributed by atoms with Gasteiger partial charge >= 0.3 is 5.69 Å². The highest BCUT2D eigenvalue weighted by molar-refractivity contribution is 5.52. The van der Waals surface area contributed by atoms with Gasteiger partial charge < -0.3 is 5.32 Å². The summed E-state index contributed by atoms with van der Waals surface area (Å²) >= 11 is 0. The Hall–Kier alpha value is -3.19. The second kappa shape index (κ2) is 6.85. The molecule has 0 unspecified atom stereocenters. The summed E-state index contributed by atoms with van der Waals surface area (Å²) in [6, 6.07) is 15.7. The molecule has 0 fully saturated rings. The van der Waals surface area contributed by atoms with Crippen LogP contribution in [0.1, 0.15) is 24.1 Å². The third-order valence-corrected chi connectivity index (χ3v) is 4.93. The van der Waals surface area contributed by atoms with Gasteiger partial charge in [0.1, 0.15) is 11.6 Å². The molecule has 0 bridgehead atoms. The monoisotopic (exact) mass is 366 g/mol. The molecule has 0 saturated carbocycles. The Morgan fingerprint density at radius 1 is 1.04 bits per heavy atom. The van der Waals surface area contributed by atoms with Gasteiger partial charge in [-0.05, 0) is 36.8 Å². The first-order chi connectivity index (χ1) is 13.0. The van der Waals surface area contributed by atoms with E-state index in [1.807, 2.05) is 30.3 Å². The van der Waals surface area contributed by atoms with E-state index in [-0.39, 0.29) is 11.9 Å². The molecule has 27 heavy (non-hydrogen) atoms. The molecule has 1 aromatic heterocycles. The van der Waals surface area contributed by atoms with E-state index in [0.29, 0.717) is 30.3 Å². The van der Waals surface area contributed by atoms with E-state index in [2.05, 4.69) is 22.1 Å². The van der Waals surface area contributed by atoms with Gasteiger partial charge in [-0.2, -0.15) is 0 Å². The van der Waals surface area contributed by atoms with Crippen molar-refractivity contribution >= 4 is 5.82 Å². The van der Waals surface area contributed by atoms with Crippen LogP contribution >= 0.6 is 0 Å². The molecule has 1 atom stereocenters. The average molecular weight is 366 g/mol. The molecule has 7 heteroatoms. The van der Waals surface area contributed by atoms with E-state index >= 15 is 0 Å². The summed E-state index contributed by atoms with van der Waals surface area (Å²) in [5.74, 6) is 0.0628. The number of H-pyrrole nitrogens is 1. The molecule has 3 aromatic rings. The summed E-state index contributed by atoms with van der Waals surface area (Å²) in [7, 11) is 0. The van der Waals surface area contributed by atoms with Crippen LogP contribution in [0.5, 0.6) is 0 Å². The molecule has 0 aliphatic carbocycles. The van der Waals surface area contributed by atoms with Crippen molar-refractivity contribution in [2.24, 2.45) is 0 Å². The highest BCUT2D eigenvalue weighted by Gasteiger charge is 2.26. The highest BCUT2D eigenvalue weighted by Crippen LogP contribution is 2.27. The molecule has 2 aromatic carbocycles. The van der Waals surface area contributed by atoms with E-state index in [1.165, 1.54) is 28.8 Å². The number of fused-ring (bicyclic) bond motifs is 1. The zero-order valence-electron chi connectivity index (χ0n) is 14.8. The molecule has 1 aliphatic rings. The van der Waals surface area contributed by atoms with E-state index in [4.69, 9.17) is 0 Å². The molecular weight excluding hydrogens is 347 g/mol. The lowest BCUT2D eigenvalue weighted by atomic mass is 10.1. The molecular formula is C20H19FN4O2. The van der Waals surface area contributed by atoms with Crippen molar-refractivity contribution in [3.63, 3.8) is 0 Å². The lowest BCUT2D eigenvalue weighted by Crippen LogP contribution is -2.43. The van der Waals surface area contributed by atoms with Crippen LogP contribution in [0.25, 0.3) is 5.69 Å². The third kappa shape index (κ3) is 3.17. The molecule has 4 rings (SSSR count). The first-order valence-corrected chi connectivity index (χ1v) is 8.71. The fourth-order valence-electron chi connectivity index (χ4n) is 3.39. The molecule has 1 aliphatic heterocycles. The van der Waals surface area contributed by atoms with Gasteiger partial charge in [0.15, 0.2) is 0 Å². The predicted octanol–water partition coefficient (Wildman–Crippen LogP) is 2.61. The standard InChI is InChI=1S/C20H19FN4O2/c1-13(14-5-3-2-4-6-14)24-11-17-18(22-12-24)25(20(27)23-19(17)26)16-9-7-15(21)8-10-16/h2-10,13,22H,11-12H2,1H3,(H,23,26,27)/t13-/m0/s1. The largest absolute Gasteiger partial charge is 0.358 e. The molecule has 138 valence electrons. The topological polar surface area (TPSA) is 70.1 Å². The number of hydrogen-bond acceptors (Lipinski definition) is 4. The molecule has 2 N–H and O–H groups in total. The Morgan fingerprint density at radius 3 is 2.44 bits per heavy atom. The quantitative estimate of drug-likeness (QED) is 0.748. The summed E-state index contributed by atoms with van der Waals surface area (Å²) in [6.45, 7) is 2.95. The van der Waals surface area contributed by atoms with Gasteiger partial charge in [-0.25, -0.2) is 13.8 Å². The number of anilines is 1. The van der Waals surface area contributed by atoms with Crippen molar-refractivity contribution < 1.29 is 4.39 Å². The van der Waals surface area contributed by atoms with Crippen LogP contribution in [0.4, 0.5) is 10.2 Å². The van der Waals surface area contributed by atoms with Crippen LogP contribution in [-0.2, 0) is 6.54 Å². The minimum absolute atomic E-state index is 0.0949.